The molecule has 1 aromatic rings. The maximum atomic E-state index is 12.4. The number of sulfone groups is 1. The van der Waals surface area contributed by atoms with E-state index in [0.29, 0.717) is 19.6 Å². The van der Waals surface area contributed by atoms with Gasteiger partial charge in [-0.25, -0.2) is 8.42 Å². The first kappa shape index (κ1) is 15.9. The van der Waals surface area contributed by atoms with Crippen LogP contribution in [0.4, 0.5) is 0 Å². The van der Waals surface area contributed by atoms with Crippen LogP contribution in [-0.4, -0.2) is 54.8 Å². The Labute approximate surface area is 125 Å². The number of rotatable bonds is 4. The third-order valence-corrected chi connectivity index (χ3v) is 5.76. The Kier molecular flexibility index (Phi) is 4.95. The highest BCUT2D eigenvalue weighted by atomic mass is 32.2. The van der Waals surface area contributed by atoms with Gasteiger partial charge in [0.15, 0.2) is 9.84 Å². The van der Waals surface area contributed by atoms with Crippen molar-refractivity contribution in [3.8, 4) is 0 Å². The van der Waals surface area contributed by atoms with Crippen molar-refractivity contribution < 1.29 is 13.2 Å². The smallest absolute Gasteiger partial charge is 0.238 e. The summed E-state index contributed by atoms with van der Waals surface area (Å²) in [4.78, 5) is 18.1. The summed E-state index contributed by atoms with van der Waals surface area (Å²) < 4.78 is 23.9. The molecule has 2 rings (SSSR count). The van der Waals surface area contributed by atoms with Crippen LogP contribution in [0.15, 0.2) is 24.5 Å². The SMILES string of the molecule is CC(C)S(=O)(=O)CC(=O)N1CCNCC1c1cccnc1. The highest BCUT2D eigenvalue weighted by Crippen LogP contribution is 2.22. The topological polar surface area (TPSA) is 79.4 Å². The van der Waals surface area contributed by atoms with Crippen LogP contribution >= 0.6 is 0 Å². The van der Waals surface area contributed by atoms with Gasteiger partial charge in [0.05, 0.1) is 11.3 Å². The van der Waals surface area contributed by atoms with Gasteiger partial charge in [0.2, 0.25) is 5.91 Å². The van der Waals surface area contributed by atoms with Gasteiger partial charge in [0, 0.05) is 32.0 Å². The molecule has 21 heavy (non-hydrogen) atoms. The molecule has 116 valence electrons. The van der Waals surface area contributed by atoms with E-state index in [4.69, 9.17) is 0 Å². The largest absolute Gasteiger partial charge is 0.332 e. The van der Waals surface area contributed by atoms with Crippen LogP contribution in [0.1, 0.15) is 25.5 Å². The van der Waals surface area contributed by atoms with E-state index in [2.05, 4.69) is 10.3 Å². The summed E-state index contributed by atoms with van der Waals surface area (Å²) >= 11 is 0. The zero-order valence-corrected chi connectivity index (χ0v) is 13.1. The Morgan fingerprint density at radius 2 is 2.29 bits per heavy atom. The number of piperazine rings is 1. The molecule has 1 unspecified atom stereocenters. The zero-order chi connectivity index (χ0) is 15.5. The van der Waals surface area contributed by atoms with Gasteiger partial charge < -0.3 is 10.2 Å². The zero-order valence-electron chi connectivity index (χ0n) is 12.3. The van der Waals surface area contributed by atoms with Gasteiger partial charge in [-0.2, -0.15) is 0 Å². The standard InChI is InChI=1S/C14H21N3O3S/c1-11(2)21(19,20)10-14(18)17-7-6-16-9-13(17)12-4-3-5-15-8-12/h3-5,8,11,13,16H,6-7,9-10H2,1-2H3. The first-order valence-corrected chi connectivity index (χ1v) is 8.75. The van der Waals surface area contributed by atoms with Crippen LogP contribution in [0.3, 0.4) is 0 Å². The van der Waals surface area contributed by atoms with Crippen molar-refractivity contribution in [1.29, 1.82) is 0 Å². The van der Waals surface area contributed by atoms with Crippen molar-refractivity contribution in [2.75, 3.05) is 25.4 Å². The van der Waals surface area contributed by atoms with Gasteiger partial charge in [0.25, 0.3) is 0 Å². The summed E-state index contributed by atoms with van der Waals surface area (Å²) in [6.45, 7) is 4.98. The van der Waals surface area contributed by atoms with Crippen LogP contribution in [0.25, 0.3) is 0 Å². The van der Waals surface area contributed by atoms with Gasteiger partial charge in [0.1, 0.15) is 5.75 Å². The minimum atomic E-state index is -3.38. The fourth-order valence-corrected chi connectivity index (χ4v) is 3.14. The molecule has 0 spiro atoms. The van der Waals surface area contributed by atoms with E-state index in [-0.39, 0.29) is 11.9 Å². The van der Waals surface area contributed by atoms with Crippen LogP contribution in [-0.2, 0) is 14.6 Å². The molecule has 1 saturated heterocycles. The number of carbonyl (C=O) groups is 1. The van der Waals surface area contributed by atoms with Gasteiger partial charge in [-0.15, -0.1) is 0 Å². The second-order valence-electron chi connectivity index (χ2n) is 5.45. The maximum absolute atomic E-state index is 12.4. The Morgan fingerprint density at radius 3 is 2.90 bits per heavy atom. The quantitative estimate of drug-likeness (QED) is 0.869. The van der Waals surface area contributed by atoms with E-state index in [1.165, 1.54) is 0 Å². The number of amides is 1. The molecule has 7 heteroatoms. The fourth-order valence-electron chi connectivity index (χ4n) is 2.30. The van der Waals surface area contributed by atoms with Crippen molar-refractivity contribution in [1.82, 2.24) is 15.2 Å². The number of pyridine rings is 1. The second kappa shape index (κ2) is 6.53. The van der Waals surface area contributed by atoms with Gasteiger partial charge in [-0.05, 0) is 25.5 Å². The Balaban J connectivity index is 2.18. The lowest BCUT2D eigenvalue weighted by atomic mass is 10.1. The summed E-state index contributed by atoms with van der Waals surface area (Å²) in [5.41, 5.74) is 0.917. The highest BCUT2D eigenvalue weighted by Gasteiger charge is 2.31. The lowest BCUT2D eigenvalue weighted by molar-refractivity contribution is -0.131. The van der Waals surface area contributed by atoms with E-state index < -0.39 is 20.8 Å². The first-order valence-electron chi connectivity index (χ1n) is 7.03. The van der Waals surface area contributed by atoms with Gasteiger partial charge in [-0.3, -0.25) is 9.78 Å². The van der Waals surface area contributed by atoms with Gasteiger partial charge in [-0.1, -0.05) is 6.07 Å². The molecule has 0 saturated carbocycles. The van der Waals surface area contributed by atoms with E-state index >= 15 is 0 Å². The summed E-state index contributed by atoms with van der Waals surface area (Å²) in [7, 11) is -3.38. The van der Waals surface area contributed by atoms with Crippen molar-refractivity contribution in [3.63, 3.8) is 0 Å². The Morgan fingerprint density at radius 1 is 1.52 bits per heavy atom. The van der Waals surface area contributed by atoms with Crippen LogP contribution in [0, 0.1) is 0 Å². The molecule has 2 heterocycles. The van der Waals surface area contributed by atoms with Crippen molar-refractivity contribution >= 4 is 15.7 Å². The highest BCUT2D eigenvalue weighted by molar-refractivity contribution is 7.92. The van der Waals surface area contributed by atoms with Crippen molar-refractivity contribution in [3.05, 3.63) is 30.1 Å². The number of nitrogens with zero attached hydrogens (tertiary/aromatic N) is 2. The number of aromatic nitrogens is 1. The van der Waals surface area contributed by atoms with E-state index in [9.17, 15) is 13.2 Å². The predicted molar refractivity (Wildman–Crippen MR) is 80.5 cm³/mol. The second-order valence-corrected chi connectivity index (χ2v) is 8.01. The van der Waals surface area contributed by atoms with Crippen LogP contribution < -0.4 is 5.32 Å². The van der Waals surface area contributed by atoms with Gasteiger partial charge >= 0.3 is 0 Å². The summed E-state index contributed by atoms with van der Waals surface area (Å²) in [6, 6.07) is 3.56. The molecule has 0 bridgehead atoms. The minimum Gasteiger partial charge on any atom is -0.332 e. The number of hydrogen-bond acceptors (Lipinski definition) is 5. The van der Waals surface area contributed by atoms with Crippen molar-refractivity contribution in [2.24, 2.45) is 0 Å². The Hall–Kier alpha value is -1.47. The van der Waals surface area contributed by atoms with E-state index in [1.54, 1.807) is 31.1 Å². The van der Waals surface area contributed by atoms with E-state index in [0.717, 1.165) is 5.56 Å². The lowest BCUT2D eigenvalue weighted by Crippen LogP contribution is -2.50. The monoisotopic (exact) mass is 311 g/mol. The maximum Gasteiger partial charge on any atom is 0.238 e. The molecular weight excluding hydrogens is 290 g/mol. The molecule has 0 aromatic carbocycles. The summed E-state index contributed by atoms with van der Waals surface area (Å²) in [6.07, 6.45) is 3.39. The fraction of sp³-hybridized carbons (Fsp3) is 0.571. The van der Waals surface area contributed by atoms with Crippen molar-refractivity contribution in [2.45, 2.75) is 25.1 Å². The van der Waals surface area contributed by atoms with Crippen LogP contribution in [0.2, 0.25) is 0 Å². The molecule has 1 N–H and O–H groups in total. The average Bonchev–Trinajstić information content (AvgIpc) is 2.47. The molecular formula is C14H21N3O3S. The summed E-state index contributed by atoms with van der Waals surface area (Å²) in [5, 5.41) is 2.69. The molecule has 1 amide bonds. The number of hydrogen-bond donors (Lipinski definition) is 1. The first-order chi connectivity index (χ1) is 9.92. The average molecular weight is 311 g/mol. The number of nitrogens with one attached hydrogen (secondary N) is 1. The molecule has 1 aromatic heterocycles. The molecule has 1 aliphatic heterocycles. The third kappa shape index (κ3) is 3.79. The molecule has 6 nitrogen and oxygen atoms in total. The molecule has 1 aliphatic rings. The predicted octanol–water partition coefficient (Wildman–Crippen LogP) is 0.378. The normalized spacial score (nSPS) is 19.8. The van der Waals surface area contributed by atoms with E-state index in [1.807, 2.05) is 12.1 Å². The lowest BCUT2D eigenvalue weighted by Gasteiger charge is -2.36. The summed E-state index contributed by atoms with van der Waals surface area (Å²) in [5.74, 6) is -0.763. The molecule has 0 aliphatic carbocycles. The molecule has 1 fully saturated rings. The minimum absolute atomic E-state index is 0.165. The molecule has 0 radical (unpaired) electrons. The third-order valence-electron chi connectivity index (χ3n) is 3.68. The Bertz CT molecular complexity index is 587. The molecule has 1 atom stereocenters. The van der Waals surface area contributed by atoms with Crippen LogP contribution in [0.5, 0.6) is 0 Å². The number of carbonyl (C=O) groups excluding carboxylic acids is 1.